The summed E-state index contributed by atoms with van der Waals surface area (Å²) in [6.07, 6.45) is 0.882. The van der Waals surface area contributed by atoms with Gasteiger partial charge in [-0.1, -0.05) is 6.07 Å². The van der Waals surface area contributed by atoms with E-state index in [9.17, 15) is 22.8 Å². The molecule has 3 rings (SSSR count). The van der Waals surface area contributed by atoms with E-state index in [-0.39, 0.29) is 29.0 Å². The molecule has 1 saturated heterocycles. The number of amides is 2. The highest BCUT2D eigenvalue weighted by molar-refractivity contribution is 5.95. The summed E-state index contributed by atoms with van der Waals surface area (Å²) in [6.45, 7) is 0.733. The van der Waals surface area contributed by atoms with Crippen molar-refractivity contribution in [2.45, 2.75) is 12.8 Å². The third-order valence-electron chi connectivity index (χ3n) is 4.41. The molecule has 2 aromatic rings. The van der Waals surface area contributed by atoms with Gasteiger partial charge in [0.25, 0.3) is 5.91 Å². The van der Waals surface area contributed by atoms with Crippen LogP contribution in [0.4, 0.5) is 18.9 Å². The first kappa shape index (κ1) is 18.0. The summed E-state index contributed by atoms with van der Waals surface area (Å²) >= 11 is 0. The number of carbonyl (C=O) groups is 2. The molecule has 26 heavy (non-hydrogen) atoms. The van der Waals surface area contributed by atoms with Crippen molar-refractivity contribution in [3.63, 3.8) is 0 Å². The van der Waals surface area contributed by atoms with Crippen LogP contribution in [0.15, 0.2) is 42.5 Å². The van der Waals surface area contributed by atoms with Gasteiger partial charge in [-0.05, 0) is 43.2 Å². The summed E-state index contributed by atoms with van der Waals surface area (Å²) in [5.74, 6) is -3.39. The highest BCUT2D eigenvalue weighted by Crippen LogP contribution is 2.22. The number of nitrogens with zero attached hydrogens (tertiary/aromatic N) is 1. The molecular formula is C19H17F3N2O2. The van der Waals surface area contributed by atoms with Crippen molar-refractivity contribution >= 4 is 17.5 Å². The predicted molar refractivity (Wildman–Crippen MR) is 90.0 cm³/mol. The van der Waals surface area contributed by atoms with Gasteiger partial charge in [-0.2, -0.15) is 0 Å². The molecule has 0 bridgehead atoms. The summed E-state index contributed by atoms with van der Waals surface area (Å²) in [4.78, 5) is 26.2. The Morgan fingerprint density at radius 1 is 0.962 bits per heavy atom. The van der Waals surface area contributed by atoms with E-state index in [2.05, 4.69) is 5.32 Å². The summed E-state index contributed by atoms with van der Waals surface area (Å²) in [7, 11) is 0. The molecule has 4 nitrogen and oxygen atoms in total. The number of rotatable bonds is 3. The van der Waals surface area contributed by atoms with Gasteiger partial charge in [0.05, 0.1) is 0 Å². The zero-order chi connectivity index (χ0) is 18.7. The third kappa shape index (κ3) is 4.04. The molecule has 0 spiro atoms. The number of likely N-dealkylation sites (tertiary alicyclic amines) is 1. The minimum Gasteiger partial charge on any atom is -0.339 e. The van der Waals surface area contributed by atoms with Crippen LogP contribution in [0.5, 0.6) is 0 Å². The van der Waals surface area contributed by atoms with Gasteiger partial charge in [0.1, 0.15) is 5.82 Å². The smallest absolute Gasteiger partial charge is 0.253 e. The number of carbonyl (C=O) groups excluding carboxylic acids is 2. The van der Waals surface area contributed by atoms with E-state index in [4.69, 9.17) is 0 Å². The number of halogens is 3. The maximum atomic E-state index is 13.2. The summed E-state index contributed by atoms with van der Waals surface area (Å²) in [5.41, 5.74) is 0.460. The summed E-state index contributed by atoms with van der Waals surface area (Å²) in [5, 5.41) is 2.56. The van der Waals surface area contributed by atoms with E-state index in [1.165, 1.54) is 24.3 Å². The number of nitrogens with one attached hydrogen (secondary N) is 1. The Kier molecular flexibility index (Phi) is 5.25. The molecule has 1 aliphatic heterocycles. The molecule has 2 amide bonds. The summed E-state index contributed by atoms with van der Waals surface area (Å²) < 4.78 is 39.4. The minimum absolute atomic E-state index is 0.187. The highest BCUT2D eigenvalue weighted by atomic mass is 19.2. The number of anilines is 1. The van der Waals surface area contributed by atoms with E-state index in [1.54, 1.807) is 11.0 Å². The lowest BCUT2D eigenvalue weighted by molar-refractivity contribution is -0.121. The molecule has 2 aromatic carbocycles. The normalized spacial score (nSPS) is 15.0. The second-order valence-corrected chi connectivity index (χ2v) is 6.19. The standard InChI is InChI=1S/C19H17F3N2O2/c20-14-3-1-2-13(10-14)19(26)24-8-6-12(7-9-24)18(25)23-15-4-5-16(21)17(22)11-15/h1-5,10-12H,6-9H2,(H,23,25). The van der Waals surface area contributed by atoms with Crippen LogP contribution in [0.3, 0.4) is 0 Å². The lowest BCUT2D eigenvalue weighted by Gasteiger charge is -2.31. The Morgan fingerprint density at radius 3 is 2.35 bits per heavy atom. The predicted octanol–water partition coefficient (Wildman–Crippen LogP) is 3.59. The molecule has 1 fully saturated rings. The first-order chi connectivity index (χ1) is 12.4. The van der Waals surface area contributed by atoms with Gasteiger partial charge in [0.2, 0.25) is 5.91 Å². The molecular weight excluding hydrogens is 345 g/mol. The first-order valence-corrected chi connectivity index (χ1v) is 8.25. The van der Waals surface area contributed by atoms with Gasteiger partial charge in [0, 0.05) is 36.3 Å². The minimum atomic E-state index is -1.03. The van der Waals surface area contributed by atoms with E-state index >= 15 is 0 Å². The Bertz CT molecular complexity index is 833. The molecule has 1 N–H and O–H groups in total. The molecule has 0 radical (unpaired) electrons. The van der Waals surface area contributed by atoms with Crippen molar-refractivity contribution < 1.29 is 22.8 Å². The topological polar surface area (TPSA) is 49.4 Å². The zero-order valence-electron chi connectivity index (χ0n) is 13.8. The van der Waals surface area contributed by atoms with Gasteiger partial charge in [-0.3, -0.25) is 9.59 Å². The summed E-state index contributed by atoms with van der Waals surface area (Å²) in [6, 6.07) is 8.65. The van der Waals surface area contributed by atoms with E-state index < -0.39 is 17.5 Å². The van der Waals surface area contributed by atoms with Gasteiger partial charge in [-0.25, -0.2) is 13.2 Å². The van der Waals surface area contributed by atoms with E-state index in [1.807, 2.05) is 0 Å². The van der Waals surface area contributed by atoms with Crippen LogP contribution in [0.25, 0.3) is 0 Å². The van der Waals surface area contributed by atoms with Crippen molar-refractivity contribution in [1.29, 1.82) is 0 Å². The van der Waals surface area contributed by atoms with Crippen molar-refractivity contribution in [2.24, 2.45) is 5.92 Å². The second-order valence-electron chi connectivity index (χ2n) is 6.19. The Hall–Kier alpha value is -2.83. The van der Waals surface area contributed by atoms with Crippen LogP contribution in [0.2, 0.25) is 0 Å². The quantitative estimate of drug-likeness (QED) is 0.907. The number of hydrogen-bond acceptors (Lipinski definition) is 2. The number of piperidine rings is 1. The highest BCUT2D eigenvalue weighted by Gasteiger charge is 2.28. The van der Waals surface area contributed by atoms with Crippen LogP contribution >= 0.6 is 0 Å². The SMILES string of the molecule is O=C(Nc1ccc(F)c(F)c1)C1CCN(C(=O)c2cccc(F)c2)CC1. The number of hydrogen-bond donors (Lipinski definition) is 1. The van der Waals surface area contributed by atoms with Crippen molar-refractivity contribution in [2.75, 3.05) is 18.4 Å². The number of benzene rings is 2. The van der Waals surface area contributed by atoms with E-state index in [0.717, 1.165) is 12.1 Å². The average Bonchev–Trinajstić information content (AvgIpc) is 2.64. The average molecular weight is 362 g/mol. The van der Waals surface area contributed by atoms with Crippen LogP contribution < -0.4 is 5.32 Å². The fourth-order valence-corrected chi connectivity index (χ4v) is 2.97. The molecule has 7 heteroatoms. The largest absolute Gasteiger partial charge is 0.339 e. The van der Waals surface area contributed by atoms with Crippen molar-refractivity contribution in [1.82, 2.24) is 4.90 Å². The van der Waals surface area contributed by atoms with Gasteiger partial charge in [0.15, 0.2) is 11.6 Å². The fraction of sp³-hybridized carbons (Fsp3) is 0.263. The Morgan fingerprint density at radius 2 is 1.69 bits per heavy atom. The molecule has 1 heterocycles. The molecule has 136 valence electrons. The second kappa shape index (κ2) is 7.59. The van der Waals surface area contributed by atoms with Crippen molar-refractivity contribution in [3.8, 4) is 0 Å². The molecule has 0 aromatic heterocycles. The third-order valence-corrected chi connectivity index (χ3v) is 4.41. The van der Waals surface area contributed by atoms with Crippen molar-refractivity contribution in [3.05, 3.63) is 65.5 Å². The van der Waals surface area contributed by atoms with Crippen LogP contribution in [0, 0.1) is 23.4 Å². The maximum Gasteiger partial charge on any atom is 0.253 e. The van der Waals surface area contributed by atoms with Gasteiger partial charge < -0.3 is 10.2 Å². The lowest BCUT2D eigenvalue weighted by atomic mass is 9.95. The fourth-order valence-electron chi connectivity index (χ4n) is 2.97. The maximum absolute atomic E-state index is 13.2. The molecule has 1 aliphatic rings. The Balaban J connectivity index is 1.56. The van der Waals surface area contributed by atoms with Gasteiger partial charge >= 0.3 is 0 Å². The molecule has 0 aliphatic carbocycles. The van der Waals surface area contributed by atoms with Crippen LogP contribution in [0.1, 0.15) is 23.2 Å². The van der Waals surface area contributed by atoms with E-state index in [0.29, 0.717) is 25.9 Å². The lowest BCUT2D eigenvalue weighted by Crippen LogP contribution is -2.41. The first-order valence-electron chi connectivity index (χ1n) is 8.25. The molecule has 0 saturated carbocycles. The Labute approximate surface area is 148 Å². The van der Waals surface area contributed by atoms with Gasteiger partial charge in [-0.15, -0.1) is 0 Å². The van der Waals surface area contributed by atoms with Crippen LogP contribution in [-0.4, -0.2) is 29.8 Å². The zero-order valence-corrected chi connectivity index (χ0v) is 13.8. The van der Waals surface area contributed by atoms with Crippen LogP contribution in [-0.2, 0) is 4.79 Å². The monoisotopic (exact) mass is 362 g/mol. The molecule has 0 atom stereocenters. The molecule has 0 unspecified atom stereocenters.